The van der Waals surface area contributed by atoms with Gasteiger partial charge >= 0.3 is 13.7 Å². The Kier molecular flexibility index (Phi) is 5.60. The Balaban J connectivity index is 1.96. The lowest BCUT2D eigenvalue weighted by atomic mass is 9.86. The molecule has 0 atom stereocenters. The normalized spacial score (nSPS) is 12.1. The van der Waals surface area contributed by atoms with Crippen LogP contribution in [0.1, 0.15) is 32.8 Å². The summed E-state index contributed by atoms with van der Waals surface area (Å²) in [4.78, 5) is 0. The average Bonchev–Trinajstić information content (AvgIpc) is 2.54. The van der Waals surface area contributed by atoms with Gasteiger partial charge in [-0.3, -0.25) is 0 Å². The summed E-state index contributed by atoms with van der Waals surface area (Å²) >= 11 is 0. The van der Waals surface area contributed by atoms with E-state index in [-0.39, 0.29) is 5.60 Å². The first-order valence-corrected chi connectivity index (χ1v) is 7.66. The van der Waals surface area contributed by atoms with Crippen LogP contribution in [0.25, 0.3) is 0 Å². The topological polar surface area (TPSA) is 18.5 Å². The molecule has 24 heavy (non-hydrogen) atoms. The van der Waals surface area contributed by atoms with Crippen LogP contribution in [-0.2, 0) is 10.8 Å². The molecular weight excluding hydrogens is 316 g/mol. The van der Waals surface area contributed by atoms with Crippen molar-refractivity contribution in [1.82, 2.24) is 0 Å². The molecule has 0 aliphatic rings. The van der Waals surface area contributed by atoms with Crippen molar-refractivity contribution < 1.29 is 22.6 Å². The first-order valence-electron chi connectivity index (χ1n) is 7.66. The number of benzene rings is 2. The summed E-state index contributed by atoms with van der Waals surface area (Å²) in [6.45, 7) is 6.06. The Morgan fingerprint density at radius 3 is 1.83 bits per heavy atom. The lowest BCUT2D eigenvalue weighted by Crippen LogP contribution is -2.30. The van der Waals surface area contributed by atoms with Gasteiger partial charge in [-0.25, -0.2) is 0 Å². The highest BCUT2D eigenvalue weighted by molar-refractivity contribution is 6.47. The predicted octanol–water partition coefficient (Wildman–Crippen LogP) is 4.95. The monoisotopic (exact) mass is 335 g/mol. The summed E-state index contributed by atoms with van der Waals surface area (Å²) < 4.78 is 48.8. The molecule has 0 aromatic heterocycles. The van der Waals surface area contributed by atoms with Crippen molar-refractivity contribution in [3.63, 3.8) is 0 Å². The largest absolute Gasteiger partial charge is 0.457 e. The highest BCUT2D eigenvalue weighted by Crippen LogP contribution is 2.31. The molecule has 2 nitrogen and oxygen atoms in total. The van der Waals surface area contributed by atoms with Crippen molar-refractivity contribution in [2.24, 2.45) is 0 Å². The van der Waals surface area contributed by atoms with Gasteiger partial charge in [0.1, 0.15) is 11.5 Å². The van der Waals surface area contributed by atoms with Crippen molar-refractivity contribution in [2.75, 3.05) is 0 Å². The fourth-order valence-corrected chi connectivity index (χ4v) is 1.77. The zero-order valence-corrected chi connectivity index (χ0v) is 13.9. The van der Waals surface area contributed by atoms with Gasteiger partial charge in [-0.05, 0) is 56.7 Å². The van der Waals surface area contributed by atoms with Crippen LogP contribution in [0.4, 0.5) is 13.2 Å². The Labute approximate surface area is 140 Å². The van der Waals surface area contributed by atoms with Gasteiger partial charge in [0, 0.05) is 5.60 Å². The molecule has 0 saturated heterocycles. The molecule has 1 radical (unpaired) electrons. The van der Waals surface area contributed by atoms with E-state index >= 15 is 0 Å². The van der Waals surface area contributed by atoms with Crippen molar-refractivity contribution in [3.05, 3.63) is 54.1 Å². The predicted molar refractivity (Wildman–Crippen MR) is 88.8 cm³/mol. The van der Waals surface area contributed by atoms with Gasteiger partial charge in [-0.2, -0.15) is 13.2 Å². The van der Waals surface area contributed by atoms with Gasteiger partial charge in [0.15, 0.2) is 0 Å². The van der Waals surface area contributed by atoms with E-state index in [9.17, 15) is 13.2 Å². The highest BCUT2D eigenvalue weighted by Gasteiger charge is 2.30. The molecule has 127 valence electrons. The number of hydrogen-bond acceptors (Lipinski definition) is 2. The van der Waals surface area contributed by atoms with Gasteiger partial charge in [0.2, 0.25) is 0 Å². The van der Waals surface area contributed by atoms with Gasteiger partial charge in [-0.15, -0.1) is 0 Å². The van der Waals surface area contributed by atoms with Gasteiger partial charge in [-0.1, -0.05) is 24.5 Å². The summed E-state index contributed by atoms with van der Waals surface area (Å²) in [5.41, 5.74) is -0.0400. The maximum absolute atomic E-state index is 12.5. The molecule has 0 aliphatic carbocycles. The van der Waals surface area contributed by atoms with Crippen LogP contribution in [0.5, 0.6) is 11.5 Å². The summed E-state index contributed by atoms with van der Waals surface area (Å²) in [5, 5.41) is 0. The van der Waals surface area contributed by atoms with Crippen LogP contribution in [0.2, 0.25) is 0 Å². The van der Waals surface area contributed by atoms with Crippen LogP contribution in [0, 0.1) is 0 Å². The number of halogens is 3. The molecule has 0 saturated carbocycles. The van der Waals surface area contributed by atoms with Crippen LogP contribution in [0.15, 0.2) is 48.5 Å². The third-order valence-corrected chi connectivity index (χ3v) is 3.66. The van der Waals surface area contributed by atoms with Crippen molar-refractivity contribution in [2.45, 2.75) is 39.0 Å². The zero-order chi connectivity index (χ0) is 17.8. The van der Waals surface area contributed by atoms with Gasteiger partial charge < -0.3 is 9.39 Å². The Bertz CT molecular complexity index is 649. The number of alkyl halides is 3. The van der Waals surface area contributed by atoms with E-state index in [1.54, 1.807) is 19.6 Å². The summed E-state index contributed by atoms with van der Waals surface area (Å²) in [6, 6.07) is 11.7. The highest BCUT2D eigenvalue weighted by atomic mass is 19.4. The van der Waals surface area contributed by atoms with E-state index in [0.29, 0.717) is 11.5 Å². The molecule has 0 bridgehead atoms. The third-order valence-electron chi connectivity index (χ3n) is 3.66. The molecule has 2 rings (SSSR count). The minimum atomic E-state index is -4.34. The average molecular weight is 335 g/mol. The number of hydrogen-bond donors (Lipinski definition) is 0. The Hall–Kier alpha value is -1.95. The summed E-state index contributed by atoms with van der Waals surface area (Å²) in [7, 11) is 1.69. The van der Waals surface area contributed by atoms with Crippen LogP contribution >= 0.6 is 0 Å². The second kappa shape index (κ2) is 7.30. The fourth-order valence-electron chi connectivity index (χ4n) is 1.77. The minimum Gasteiger partial charge on any atom is -0.457 e. The van der Waals surface area contributed by atoms with E-state index in [4.69, 9.17) is 9.39 Å². The summed E-state index contributed by atoms with van der Waals surface area (Å²) in [6.07, 6.45) is -3.46. The third kappa shape index (κ3) is 5.30. The molecule has 2 aromatic carbocycles. The van der Waals surface area contributed by atoms with Gasteiger partial charge in [0.25, 0.3) is 0 Å². The molecule has 0 amide bonds. The maximum Gasteiger partial charge on any atom is 0.416 e. The quantitative estimate of drug-likeness (QED) is 0.696. The summed E-state index contributed by atoms with van der Waals surface area (Å²) in [5.74, 6) is 0.893. The second-order valence-electron chi connectivity index (χ2n) is 6.04. The molecule has 6 heteroatoms. The Morgan fingerprint density at radius 2 is 1.38 bits per heavy atom. The van der Waals surface area contributed by atoms with E-state index < -0.39 is 11.7 Å². The van der Waals surface area contributed by atoms with Crippen LogP contribution in [-0.4, -0.2) is 13.1 Å². The second-order valence-corrected chi connectivity index (χ2v) is 6.04. The number of ether oxygens (including phenoxy) is 1. The molecule has 0 fully saturated rings. The minimum absolute atomic E-state index is 0.227. The molecular formula is C18H19BF3O2. The lowest BCUT2D eigenvalue weighted by Gasteiger charge is -2.23. The van der Waals surface area contributed by atoms with Crippen molar-refractivity contribution >= 4 is 12.9 Å². The van der Waals surface area contributed by atoms with Gasteiger partial charge in [0.05, 0.1) is 5.56 Å². The van der Waals surface area contributed by atoms with E-state index in [2.05, 4.69) is 6.92 Å². The first-order chi connectivity index (χ1) is 11.2. The standard InChI is InChI=1S/C18H19BF3O2/c1-4-17(2,3)24-19-14-7-11-16(12-8-14)23-15-9-5-13(6-10-15)18(20,21)22/h5-12H,4H2,1-3H3. The Morgan fingerprint density at radius 1 is 0.875 bits per heavy atom. The zero-order valence-electron chi connectivity index (χ0n) is 13.9. The maximum atomic E-state index is 12.5. The molecule has 0 spiro atoms. The van der Waals surface area contributed by atoms with E-state index in [1.165, 1.54) is 12.1 Å². The van der Waals surface area contributed by atoms with Crippen LogP contribution in [0.3, 0.4) is 0 Å². The lowest BCUT2D eigenvalue weighted by molar-refractivity contribution is -0.137. The molecule has 0 aliphatic heterocycles. The van der Waals surface area contributed by atoms with E-state index in [1.807, 2.05) is 26.0 Å². The molecule has 0 N–H and O–H groups in total. The first kappa shape index (κ1) is 18.4. The fraction of sp³-hybridized carbons (Fsp3) is 0.333. The van der Waals surface area contributed by atoms with E-state index in [0.717, 1.165) is 24.0 Å². The van der Waals surface area contributed by atoms with Crippen molar-refractivity contribution in [3.8, 4) is 11.5 Å². The molecule has 2 aromatic rings. The molecule has 0 heterocycles. The molecule has 0 unspecified atom stereocenters. The van der Waals surface area contributed by atoms with Crippen molar-refractivity contribution in [1.29, 1.82) is 0 Å². The van der Waals surface area contributed by atoms with Crippen LogP contribution < -0.4 is 10.2 Å². The number of rotatable bonds is 6. The SMILES string of the molecule is CCC(C)(C)O[B]c1ccc(Oc2ccc(C(F)(F)F)cc2)cc1. The smallest absolute Gasteiger partial charge is 0.416 e.